The Bertz CT molecular complexity index is 1140. The van der Waals surface area contributed by atoms with E-state index in [0.29, 0.717) is 22.6 Å². The Labute approximate surface area is 183 Å². The topological polar surface area (TPSA) is 102 Å². The molecule has 0 fully saturated rings. The summed E-state index contributed by atoms with van der Waals surface area (Å²) in [6, 6.07) is 0.140. The zero-order valence-electron chi connectivity index (χ0n) is 16.4. The van der Waals surface area contributed by atoms with Crippen molar-refractivity contribution in [2.24, 2.45) is 7.05 Å². The standard InChI is InChI=1S/C18H16ClF3N6O2S/c1-8(26-15(29)12-6-23-9(2)28(12)3)17-25-7-13(31-17)16(30)27-14-4-10(18(20,21)22)11(19)5-24-14/h4-8H,1-3H3,(H,26,29)(H,24,27,30)/t8-/m1/s1. The van der Waals surface area contributed by atoms with Crippen LogP contribution in [0.4, 0.5) is 19.0 Å². The summed E-state index contributed by atoms with van der Waals surface area (Å²) in [7, 11) is 1.71. The second kappa shape index (κ2) is 8.63. The van der Waals surface area contributed by atoms with Crippen molar-refractivity contribution in [1.82, 2.24) is 24.8 Å². The van der Waals surface area contributed by atoms with Gasteiger partial charge in [0.2, 0.25) is 0 Å². The van der Waals surface area contributed by atoms with Gasteiger partial charge >= 0.3 is 6.18 Å². The number of halogens is 4. The molecule has 3 rings (SSSR count). The maximum atomic E-state index is 13.0. The molecule has 0 aromatic carbocycles. The Morgan fingerprint density at radius 3 is 2.48 bits per heavy atom. The smallest absolute Gasteiger partial charge is 0.342 e. The minimum Gasteiger partial charge on any atom is -0.342 e. The molecule has 0 saturated carbocycles. The van der Waals surface area contributed by atoms with Crippen LogP contribution < -0.4 is 10.6 Å². The van der Waals surface area contributed by atoms with Gasteiger partial charge in [-0.15, -0.1) is 11.3 Å². The number of thiazole rings is 1. The highest BCUT2D eigenvalue weighted by molar-refractivity contribution is 7.13. The summed E-state index contributed by atoms with van der Waals surface area (Å²) < 4.78 is 40.5. The lowest BCUT2D eigenvalue weighted by Crippen LogP contribution is -2.28. The molecule has 1 atom stereocenters. The molecule has 0 unspecified atom stereocenters. The maximum Gasteiger partial charge on any atom is 0.418 e. The first kappa shape index (κ1) is 22.7. The zero-order chi connectivity index (χ0) is 22.9. The van der Waals surface area contributed by atoms with E-state index in [2.05, 4.69) is 25.6 Å². The Hall–Kier alpha value is -2.99. The number of hydrogen-bond acceptors (Lipinski definition) is 6. The van der Waals surface area contributed by atoms with Crippen molar-refractivity contribution in [3.8, 4) is 0 Å². The van der Waals surface area contributed by atoms with Crippen molar-refractivity contribution in [2.75, 3.05) is 5.32 Å². The van der Waals surface area contributed by atoms with Gasteiger partial charge in [-0.1, -0.05) is 11.6 Å². The van der Waals surface area contributed by atoms with E-state index in [1.54, 1.807) is 25.5 Å². The van der Waals surface area contributed by atoms with Crippen LogP contribution in [0.3, 0.4) is 0 Å². The van der Waals surface area contributed by atoms with Gasteiger partial charge in [-0.05, 0) is 19.9 Å². The molecule has 2 N–H and O–H groups in total. The molecule has 164 valence electrons. The lowest BCUT2D eigenvalue weighted by atomic mass is 10.2. The van der Waals surface area contributed by atoms with Crippen molar-refractivity contribution in [3.63, 3.8) is 0 Å². The molecule has 8 nitrogen and oxygen atoms in total. The summed E-state index contributed by atoms with van der Waals surface area (Å²) in [5.74, 6) is -0.672. The molecule has 0 aliphatic rings. The van der Waals surface area contributed by atoms with Gasteiger partial charge in [0.1, 0.15) is 27.2 Å². The molecule has 0 spiro atoms. The summed E-state index contributed by atoms with van der Waals surface area (Å²) in [5, 5.41) is 4.92. The molecule has 0 saturated heterocycles. The normalized spacial score (nSPS) is 12.5. The van der Waals surface area contributed by atoms with Crippen LogP contribution in [0.15, 0.2) is 24.7 Å². The van der Waals surface area contributed by atoms with Gasteiger partial charge in [0.25, 0.3) is 11.8 Å². The molecule has 0 aliphatic carbocycles. The SMILES string of the molecule is Cc1ncc(C(=O)N[C@H](C)c2ncc(C(=O)Nc3cc(C(F)(F)F)c(Cl)cn3)s2)n1C. The van der Waals surface area contributed by atoms with Crippen molar-refractivity contribution in [3.05, 3.63) is 56.6 Å². The van der Waals surface area contributed by atoms with Gasteiger partial charge in [-0.2, -0.15) is 13.2 Å². The molecule has 0 aliphatic heterocycles. The lowest BCUT2D eigenvalue weighted by Gasteiger charge is -2.11. The van der Waals surface area contributed by atoms with E-state index in [-0.39, 0.29) is 16.6 Å². The lowest BCUT2D eigenvalue weighted by molar-refractivity contribution is -0.137. The van der Waals surface area contributed by atoms with Gasteiger partial charge in [0, 0.05) is 13.2 Å². The van der Waals surface area contributed by atoms with E-state index >= 15 is 0 Å². The van der Waals surface area contributed by atoms with Gasteiger partial charge in [-0.25, -0.2) is 15.0 Å². The zero-order valence-corrected chi connectivity index (χ0v) is 18.0. The number of carbonyl (C=O) groups is 2. The largest absolute Gasteiger partial charge is 0.418 e. The third-order valence-corrected chi connectivity index (χ3v) is 5.80. The molecule has 2 amide bonds. The molecule has 3 aromatic heterocycles. The Kier molecular flexibility index (Phi) is 6.32. The minimum absolute atomic E-state index is 0.137. The fourth-order valence-electron chi connectivity index (χ4n) is 2.54. The van der Waals surface area contributed by atoms with Crippen LogP contribution >= 0.6 is 22.9 Å². The number of alkyl halides is 3. The fraction of sp³-hybridized carbons (Fsp3) is 0.278. The van der Waals surface area contributed by atoms with Crippen LogP contribution in [0.5, 0.6) is 0 Å². The van der Waals surface area contributed by atoms with Crippen LogP contribution in [0.25, 0.3) is 0 Å². The Balaban J connectivity index is 1.69. The van der Waals surface area contributed by atoms with E-state index in [1.165, 1.54) is 12.4 Å². The molecule has 3 heterocycles. The predicted molar refractivity (Wildman–Crippen MR) is 108 cm³/mol. The Morgan fingerprint density at radius 1 is 1.16 bits per heavy atom. The number of rotatable bonds is 5. The summed E-state index contributed by atoms with van der Waals surface area (Å²) in [5.41, 5.74) is -0.737. The number of imidazole rings is 1. The van der Waals surface area contributed by atoms with E-state index in [1.807, 2.05) is 0 Å². The highest BCUT2D eigenvalue weighted by Crippen LogP contribution is 2.35. The first-order valence-electron chi connectivity index (χ1n) is 8.76. The second-order valence-corrected chi connectivity index (χ2v) is 7.98. The van der Waals surface area contributed by atoms with E-state index in [9.17, 15) is 22.8 Å². The maximum absolute atomic E-state index is 13.0. The Morgan fingerprint density at radius 2 is 1.87 bits per heavy atom. The highest BCUT2D eigenvalue weighted by Gasteiger charge is 2.34. The summed E-state index contributed by atoms with van der Waals surface area (Å²) >= 11 is 6.52. The average Bonchev–Trinajstić information content (AvgIpc) is 3.30. The predicted octanol–water partition coefficient (Wildman–Crippen LogP) is 4.00. The number of anilines is 1. The molecule has 13 heteroatoms. The molecule has 0 radical (unpaired) electrons. The third-order valence-electron chi connectivity index (χ3n) is 4.32. The molecular weight excluding hydrogens is 457 g/mol. The van der Waals surface area contributed by atoms with E-state index < -0.39 is 28.7 Å². The van der Waals surface area contributed by atoms with Gasteiger partial charge in [0.05, 0.1) is 29.0 Å². The van der Waals surface area contributed by atoms with E-state index in [0.717, 1.165) is 17.5 Å². The van der Waals surface area contributed by atoms with Crippen LogP contribution in [-0.2, 0) is 13.2 Å². The quantitative estimate of drug-likeness (QED) is 0.584. The van der Waals surface area contributed by atoms with Crippen LogP contribution in [0, 0.1) is 6.92 Å². The summed E-state index contributed by atoms with van der Waals surface area (Å²) in [4.78, 5) is 36.8. The highest BCUT2D eigenvalue weighted by atomic mass is 35.5. The van der Waals surface area contributed by atoms with Crippen molar-refractivity contribution in [1.29, 1.82) is 0 Å². The first-order valence-corrected chi connectivity index (χ1v) is 9.95. The van der Waals surface area contributed by atoms with Crippen LogP contribution in [-0.4, -0.2) is 31.3 Å². The number of hydrogen-bond donors (Lipinski definition) is 2. The number of nitrogens with one attached hydrogen (secondary N) is 2. The van der Waals surface area contributed by atoms with Crippen molar-refractivity contribution in [2.45, 2.75) is 26.1 Å². The third kappa shape index (κ3) is 5.02. The molecular formula is C18H16ClF3N6O2S. The molecule has 0 bridgehead atoms. The van der Waals surface area contributed by atoms with Gasteiger partial charge < -0.3 is 15.2 Å². The second-order valence-electron chi connectivity index (χ2n) is 6.51. The molecule has 31 heavy (non-hydrogen) atoms. The summed E-state index contributed by atoms with van der Waals surface area (Å²) in [6.45, 7) is 3.46. The van der Waals surface area contributed by atoms with Gasteiger partial charge in [0.15, 0.2) is 0 Å². The average molecular weight is 473 g/mol. The van der Waals surface area contributed by atoms with Gasteiger partial charge in [-0.3, -0.25) is 9.59 Å². The number of aromatic nitrogens is 4. The van der Waals surface area contributed by atoms with Crippen molar-refractivity contribution < 1.29 is 22.8 Å². The van der Waals surface area contributed by atoms with Crippen molar-refractivity contribution >= 4 is 40.6 Å². The first-order chi connectivity index (χ1) is 14.5. The number of pyridine rings is 1. The van der Waals surface area contributed by atoms with E-state index in [4.69, 9.17) is 11.6 Å². The monoisotopic (exact) mass is 472 g/mol. The number of carbonyl (C=O) groups excluding carboxylic acids is 2. The number of amides is 2. The molecule has 3 aromatic rings. The summed E-state index contributed by atoms with van der Waals surface area (Å²) in [6.07, 6.45) is -1.15. The van der Waals surface area contributed by atoms with Crippen LogP contribution in [0.1, 0.15) is 49.5 Å². The fourth-order valence-corrected chi connectivity index (χ4v) is 3.57. The minimum atomic E-state index is -4.68. The number of aryl methyl sites for hydroxylation is 1. The van der Waals surface area contributed by atoms with Crippen LogP contribution in [0.2, 0.25) is 5.02 Å². The number of nitrogens with zero attached hydrogens (tertiary/aromatic N) is 4.